The maximum Gasteiger partial charge on any atom is 0.242 e. The van der Waals surface area contributed by atoms with Crippen molar-refractivity contribution in [1.82, 2.24) is 10.2 Å². The zero-order valence-corrected chi connectivity index (χ0v) is 22.0. The van der Waals surface area contributed by atoms with Crippen LogP contribution in [0.5, 0.6) is 0 Å². The molecule has 0 bridgehead atoms. The monoisotopic (exact) mass is 561 g/mol. The van der Waals surface area contributed by atoms with Gasteiger partial charge in [-0.1, -0.05) is 49.5 Å². The van der Waals surface area contributed by atoms with E-state index in [1.807, 2.05) is 30.3 Å². The van der Waals surface area contributed by atoms with Crippen molar-refractivity contribution in [3.63, 3.8) is 0 Å². The van der Waals surface area contributed by atoms with Gasteiger partial charge in [0, 0.05) is 9.74 Å². The van der Waals surface area contributed by atoms with E-state index in [0.29, 0.717) is 12.6 Å². The van der Waals surface area contributed by atoms with Crippen LogP contribution in [0.2, 0.25) is 19.1 Å². The highest BCUT2D eigenvalue weighted by atomic mass is 127. The number of carbonyl (C=O) groups excluding carboxylic acids is 2. The summed E-state index contributed by atoms with van der Waals surface area (Å²) in [5.74, 6) is -0.134. The summed E-state index contributed by atoms with van der Waals surface area (Å²) >= 11 is 2.26. The Labute approximate surface area is 205 Å². The van der Waals surface area contributed by atoms with Crippen LogP contribution in [0, 0.1) is 3.57 Å². The van der Waals surface area contributed by atoms with Gasteiger partial charge in [0.1, 0.15) is 6.04 Å². The fourth-order valence-corrected chi connectivity index (χ4v) is 8.32. The third-order valence-corrected chi connectivity index (χ3v) is 10.1. The average Bonchev–Trinajstić information content (AvgIpc) is 3.10. The molecule has 1 heterocycles. The van der Waals surface area contributed by atoms with Crippen molar-refractivity contribution >= 4 is 42.5 Å². The summed E-state index contributed by atoms with van der Waals surface area (Å²) in [6, 6.07) is 16.2. The smallest absolute Gasteiger partial charge is 0.242 e. The Morgan fingerprint density at radius 2 is 1.91 bits per heavy atom. The van der Waals surface area contributed by atoms with Crippen LogP contribution in [0.1, 0.15) is 35.6 Å². The van der Waals surface area contributed by atoms with Gasteiger partial charge in [-0.3, -0.25) is 9.59 Å². The highest BCUT2D eigenvalue weighted by Gasteiger charge is 2.46. The Kier molecular flexibility index (Phi) is 7.07. The van der Waals surface area contributed by atoms with Crippen molar-refractivity contribution in [1.29, 1.82) is 0 Å². The Morgan fingerprint density at radius 3 is 2.66 bits per heavy atom. The lowest BCUT2D eigenvalue weighted by Crippen LogP contribution is -2.52. The molecule has 1 saturated heterocycles. The van der Waals surface area contributed by atoms with E-state index in [9.17, 15) is 9.59 Å². The van der Waals surface area contributed by atoms with Crippen LogP contribution in [-0.4, -0.2) is 43.0 Å². The van der Waals surface area contributed by atoms with Crippen LogP contribution >= 0.6 is 22.6 Å². The predicted molar refractivity (Wildman–Crippen MR) is 139 cm³/mol. The van der Waals surface area contributed by atoms with Crippen LogP contribution in [0.3, 0.4) is 0 Å². The van der Waals surface area contributed by atoms with Gasteiger partial charge in [0.2, 0.25) is 11.8 Å². The van der Waals surface area contributed by atoms with Gasteiger partial charge in [-0.2, -0.15) is 0 Å². The van der Waals surface area contributed by atoms with Crippen molar-refractivity contribution in [2.75, 3.05) is 6.17 Å². The van der Waals surface area contributed by atoms with Crippen LogP contribution < -0.4 is 11.1 Å². The summed E-state index contributed by atoms with van der Waals surface area (Å²) in [7, 11) is -1.69. The highest BCUT2D eigenvalue weighted by Crippen LogP contribution is 2.32. The molecule has 2 aromatic carbocycles. The number of nitrogens with one attached hydrogen (secondary N) is 1. The van der Waals surface area contributed by atoms with Gasteiger partial charge in [0.25, 0.3) is 0 Å². The third kappa shape index (κ3) is 5.26. The number of benzene rings is 2. The number of nitrogens with zero attached hydrogens (tertiary/aromatic N) is 1. The molecule has 2 amide bonds. The summed E-state index contributed by atoms with van der Waals surface area (Å²) in [5.41, 5.74) is 9.93. The largest absolute Gasteiger partial charge is 0.348 e. The number of halogens is 1. The summed E-state index contributed by atoms with van der Waals surface area (Å²) in [5, 5.41) is 3.28. The molecule has 2 aliphatic rings. The van der Waals surface area contributed by atoms with E-state index < -0.39 is 20.2 Å². The maximum atomic E-state index is 13.4. The molecule has 2 aromatic rings. The second-order valence-corrected chi connectivity index (χ2v) is 16.2. The minimum absolute atomic E-state index is 0.0234. The van der Waals surface area contributed by atoms with Crippen LogP contribution in [0.4, 0.5) is 0 Å². The molecule has 32 heavy (non-hydrogen) atoms. The van der Waals surface area contributed by atoms with Gasteiger partial charge in [-0.25, -0.2) is 0 Å². The molecule has 3 N–H and O–H groups in total. The first-order valence-corrected chi connectivity index (χ1v) is 15.9. The molecule has 170 valence electrons. The first-order valence-electron chi connectivity index (χ1n) is 11.4. The Hall–Kier alpha value is -1.71. The number of nitrogens with two attached hydrogens (primary N) is 1. The van der Waals surface area contributed by atoms with E-state index in [1.165, 1.54) is 11.1 Å². The number of fused-ring (bicyclic) bond motifs is 1. The van der Waals surface area contributed by atoms with E-state index in [0.717, 1.165) is 34.4 Å². The van der Waals surface area contributed by atoms with Gasteiger partial charge in [-0.05, 0) is 83.1 Å². The SMILES string of the molecule is C[Si]1(C)C[C@@H](C(=O)N[C@@H]2CCCc3ccccc32)N(C(=O)[C@@H](N)Cc2ccc(I)cc2)C1. The summed E-state index contributed by atoms with van der Waals surface area (Å²) in [6.45, 7) is 4.50. The van der Waals surface area contributed by atoms with Gasteiger partial charge in [0.15, 0.2) is 0 Å². The summed E-state index contributed by atoms with van der Waals surface area (Å²) in [6.07, 6.45) is 4.24. The van der Waals surface area contributed by atoms with Gasteiger partial charge in [-0.15, -0.1) is 0 Å². The minimum atomic E-state index is -1.69. The normalized spacial score (nSPS) is 22.8. The van der Waals surface area contributed by atoms with Gasteiger partial charge >= 0.3 is 0 Å². The number of hydrogen-bond donors (Lipinski definition) is 2. The first kappa shape index (κ1) is 23.4. The van der Waals surface area contributed by atoms with E-state index >= 15 is 0 Å². The topological polar surface area (TPSA) is 75.4 Å². The Bertz CT molecular complexity index is 995. The molecule has 7 heteroatoms. The second kappa shape index (κ2) is 9.65. The zero-order valence-electron chi connectivity index (χ0n) is 18.8. The molecule has 1 aliphatic carbocycles. The highest BCUT2D eigenvalue weighted by molar-refractivity contribution is 14.1. The van der Waals surface area contributed by atoms with Crippen LogP contribution in [-0.2, 0) is 22.4 Å². The molecule has 1 aliphatic heterocycles. The third-order valence-electron chi connectivity index (χ3n) is 6.68. The fraction of sp³-hybridized carbons (Fsp3) is 0.440. The predicted octanol–water partition coefficient (Wildman–Crippen LogP) is 3.81. The lowest BCUT2D eigenvalue weighted by Gasteiger charge is -2.31. The molecule has 3 atom stereocenters. The van der Waals surface area contributed by atoms with Gasteiger partial charge in [0.05, 0.1) is 20.2 Å². The van der Waals surface area contributed by atoms with Crippen LogP contribution in [0.15, 0.2) is 48.5 Å². The molecule has 4 rings (SSSR count). The van der Waals surface area contributed by atoms with Crippen molar-refractivity contribution < 1.29 is 9.59 Å². The molecule has 5 nitrogen and oxygen atoms in total. The van der Waals surface area contributed by atoms with E-state index in [-0.39, 0.29) is 17.9 Å². The molecule has 0 aromatic heterocycles. The maximum absolute atomic E-state index is 13.4. The quantitative estimate of drug-likeness (QED) is 0.431. The zero-order chi connectivity index (χ0) is 22.9. The molecule has 0 saturated carbocycles. The molecule has 0 radical (unpaired) electrons. The van der Waals surface area contributed by atoms with E-state index in [2.05, 4.69) is 59.2 Å². The lowest BCUT2D eigenvalue weighted by atomic mass is 9.87. The standard InChI is InChI=1S/C25H32IN3O2Si/c1-32(2)15-23(24(30)28-22-9-5-7-18-6-3-4-8-20(18)22)29(16-32)25(31)21(27)14-17-10-12-19(26)13-11-17/h3-4,6,8,10-13,21-23H,5,7,9,14-16,27H2,1-2H3,(H,28,30)/t21-,22+,23-/m0/s1. The minimum Gasteiger partial charge on any atom is -0.348 e. The Morgan fingerprint density at radius 1 is 1.19 bits per heavy atom. The summed E-state index contributed by atoms with van der Waals surface area (Å²) < 4.78 is 1.15. The lowest BCUT2D eigenvalue weighted by molar-refractivity contribution is -0.139. The van der Waals surface area contributed by atoms with Crippen LogP contribution in [0.25, 0.3) is 0 Å². The molecular formula is C25H32IN3O2Si. The second-order valence-electron chi connectivity index (χ2n) is 9.94. The average molecular weight is 562 g/mol. The van der Waals surface area contributed by atoms with E-state index in [4.69, 9.17) is 5.73 Å². The number of hydrogen-bond acceptors (Lipinski definition) is 3. The molecule has 0 unspecified atom stereocenters. The van der Waals surface area contributed by atoms with Crippen molar-refractivity contribution in [3.05, 3.63) is 68.8 Å². The molecular weight excluding hydrogens is 529 g/mol. The summed E-state index contributed by atoms with van der Waals surface area (Å²) in [4.78, 5) is 28.6. The van der Waals surface area contributed by atoms with E-state index in [1.54, 1.807) is 4.90 Å². The number of aryl methyl sites for hydroxylation is 1. The van der Waals surface area contributed by atoms with Crippen molar-refractivity contribution in [2.24, 2.45) is 5.73 Å². The van der Waals surface area contributed by atoms with Crippen molar-refractivity contribution in [2.45, 2.75) is 62.9 Å². The number of carbonyl (C=O) groups is 2. The number of rotatable bonds is 5. The van der Waals surface area contributed by atoms with Crippen molar-refractivity contribution in [3.8, 4) is 0 Å². The Balaban J connectivity index is 1.47. The fourth-order valence-electron chi connectivity index (χ4n) is 5.08. The van der Waals surface area contributed by atoms with Gasteiger partial charge < -0.3 is 16.0 Å². The number of amides is 2. The molecule has 1 fully saturated rings. The molecule has 0 spiro atoms. The first-order chi connectivity index (χ1) is 15.2.